The Kier molecular flexibility index (Phi) is 7.14. The van der Waals surface area contributed by atoms with Gasteiger partial charge >= 0.3 is 6.18 Å². The van der Waals surface area contributed by atoms with Gasteiger partial charge in [-0.3, -0.25) is 4.98 Å². The standard InChI is InChI=1S/C24H30F3N/c1-2-3-4-5-6-18-7-9-19(10-8-18)20-11-13-21(14-12-20)22-15-16-23(28-17-22)24(25,26)27/h11-19H,2-10H2,1H3. The zero-order valence-electron chi connectivity index (χ0n) is 16.6. The van der Waals surface area contributed by atoms with Crippen molar-refractivity contribution in [1.82, 2.24) is 4.98 Å². The fraction of sp³-hybridized carbons (Fsp3) is 0.542. The van der Waals surface area contributed by atoms with Crippen LogP contribution in [0.5, 0.6) is 0 Å². The molecular weight excluding hydrogens is 359 g/mol. The summed E-state index contributed by atoms with van der Waals surface area (Å²) in [6, 6.07) is 10.8. The molecule has 1 aliphatic carbocycles. The predicted molar refractivity (Wildman–Crippen MR) is 108 cm³/mol. The lowest BCUT2D eigenvalue weighted by Crippen LogP contribution is -2.13. The van der Waals surface area contributed by atoms with Crippen LogP contribution in [0.1, 0.15) is 81.9 Å². The van der Waals surface area contributed by atoms with Crippen molar-refractivity contribution in [3.8, 4) is 11.1 Å². The topological polar surface area (TPSA) is 12.9 Å². The third-order valence-electron chi connectivity index (χ3n) is 6.08. The van der Waals surface area contributed by atoms with E-state index in [1.807, 2.05) is 12.1 Å². The minimum atomic E-state index is -4.39. The molecule has 1 nitrogen and oxygen atoms in total. The zero-order chi connectivity index (χ0) is 20.0. The Labute approximate surface area is 166 Å². The number of halogens is 3. The van der Waals surface area contributed by atoms with E-state index in [9.17, 15) is 13.2 Å². The third-order valence-corrected chi connectivity index (χ3v) is 6.08. The first-order chi connectivity index (χ1) is 13.5. The molecule has 2 aromatic rings. The fourth-order valence-electron chi connectivity index (χ4n) is 4.32. The number of benzene rings is 1. The first kappa shape index (κ1) is 20.9. The van der Waals surface area contributed by atoms with Crippen molar-refractivity contribution in [3.05, 3.63) is 53.9 Å². The van der Waals surface area contributed by atoms with E-state index in [0.29, 0.717) is 5.92 Å². The van der Waals surface area contributed by atoms with Gasteiger partial charge in [-0.25, -0.2) is 0 Å². The lowest BCUT2D eigenvalue weighted by molar-refractivity contribution is -0.141. The number of nitrogens with zero attached hydrogens (tertiary/aromatic N) is 1. The largest absolute Gasteiger partial charge is 0.433 e. The molecule has 0 bridgehead atoms. The van der Waals surface area contributed by atoms with Crippen molar-refractivity contribution in [1.29, 1.82) is 0 Å². The molecule has 1 aromatic carbocycles. The van der Waals surface area contributed by atoms with E-state index in [0.717, 1.165) is 23.1 Å². The van der Waals surface area contributed by atoms with Crippen LogP contribution >= 0.6 is 0 Å². The van der Waals surface area contributed by atoms with Crippen molar-refractivity contribution < 1.29 is 13.2 Å². The molecule has 1 aliphatic rings. The molecule has 0 spiro atoms. The molecule has 3 rings (SSSR count). The molecule has 1 saturated carbocycles. The molecule has 1 heterocycles. The van der Waals surface area contributed by atoms with Crippen LogP contribution in [0, 0.1) is 5.92 Å². The summed E-state index contributed by atoms with van der Waals surface area (Å²) in [6.45, 7) is 2.25. The van der Waals surface area contributed by atoms with Gasteiger partial charge in [-0.1, -0.05) is 69.4 Å². The van der Waals surface area contributed by atoms with Crippen LogP contribution in [0.15, 0.2) is 42.6 Å². The normalized spacial score (nSPS) is 20.3. The summed E-state index contributed by atoms with van der Waals surface area (Å²) in [4.78, 5) is 3.56. The van der Waals surface area contributed by atoms with Crippen LogP contribution in [0.25, 0.3) is 11.1 Å². The number of hydrogen-bond acceptors (Lipinski definition) is 1. The van der Waals surface area contributed by atoms with Crippen molar-refractivity contribution in [2.45, 2.75) is 76.8 Å². The molecular formula is C24H30F3N. The second-order valence-electron chi connectivity index (χ2n) is 8.12. The molecule has 0 aliphatic heterocycles. The molecule has 152 valence electrons. The van der Waals surface area contributed by atoms with Gasteiger partial charge in [0.15, 0.2) is 0 Å². The van der Waals surface area contributed by atoms with Crippen LogP contribution in [-0.2, 0) is 6.18 Å². The summed E-state index contributed by atoms with van der Waals surface area (Å²) in [6.07, 6.45) is 8.84. The van der Waals surface area contributed by atoms with Gasteiger partial charge in [0.1, 0.15) is 5.69 Å². The quantitative estimate of drug-likeness (QED) is 0.437. The lowest BCUT2D eigenvalue weighted by Gasteiger charge is -2.29. The lowest BCUT2D eigenvalue weighted by atomic mass is 9.77. The van der Waals surface area contributed by atoms with E-state index >= 15 is 0 Å². The number of alkyl halides is 3. The molecule has 28 heavy (non-hydrogen) atoms. The molecule has 0 amide bonds. The smallest absolute Gasteiger partial charge is 0.251 e. The van der Waals surface area contributed by atoms with Crippen LogP contribution < -0.4 is 0 Å². The molecule has 4 heteroatoms. The summed E-state index contributed by atoms with van der Waals surface area (Å²) < 4.78 is 37.9. The number of hydrogen-bond donors (Lipinski definition) is 0. The summed E-state index contributed by atoms with van der Waals surface area (Å²) in [7, 11) is 0. The highest BCUT2D eigenvalue weighted by atomic mass is 19.4. The van der Waals surface area contributed by atoms with E-state index in [1.54, 1.807) is 0 Å². The van der Waals surface area contributed by atoms with E-state index in [4.69, 9.17) is 0 Å². The highest BCUT2D eigenvalue weighted by Gasteiger charge is 2.32. The van der Waals surface area contributed by atoms with Gasteiger partial charge in [-0.2, -0.15) is 13.2 Å². The SMILES string of the molecule is CCCCCCC1CCC(c2ccc(-c3ccc(C(F)(F)F)nc3)cc2)CC1. The molecule has 0 N–H and O–H groups in total. The molecule has 0 radical (unpaired) electrons. The van der Waals surface area contributed by atoms with Crippen LogP contribution in [-0.4, -0.2) is 4.98 Å². The Bertz CT molecular complexity index is 711. The third kappa shape index (κ3) is 5.59. The van der Waals surface area contributed by atoms with Crippen molar-refractivity contribution in [2.75, 3.05) is 0 Å². The van der Waals surface area contributed by atoms with Gasteiger partial charge in [0.2, 0.25) is 0 Å². The van der Waals surface area contributed by atoms with Gasteiger partial charge in [-0.05, 0) is 54.7 Å². The van der Waals surface area contributed by atoms with E-state index in [-0.39, 0.29) is 0 Å². The van der Waals surface area contributed by atoms with Crippen molar-refractivity contribution >= 4 is 0 Å². The maximum atomic E-state index is 12.6. The first-order valence-corrected chi connectivity index (χ1v) is 10.6. The number of unbranched alkanes of at least 4 members (excludes halogenated alkanes) is 3. The maximum absolute atomic E-state index is 12.6. The Morgan fingerprint density at radius 3 is 2.11 bits per heavy atom. The second kappa shape index (κ2) is 9.58. The predicted octanol–water partition coefficient (Wildman–Crippen LogP) is 8.01. The van der Waals surface area contributed by atoms with Gasteiger partial charge in [0.05, 0.1) is 0 Å². The highest BCUT2D eigenvalue weighted by molar-refractivity contribution is 5.62. The minimum absolute atomic E-state index is 0.617. The second-order valence-corrected chi connectivity index (χ2v) is 8.12. The number of aromatic nitrogens is 1. The average molecular weight is 390 g/mol. The number of rotatable bonds is 7. The molecule has 1 aromatic heterocycles. The van der Waals surface area contributed by atoms with Gasteiger partial charge in [-0.15, -0.1) is 0 Å². The monoisotopic (exact) mass is 389 g/mol. The average Bonchev–Trinajstić information content (AvgIpc) is 2.71. The van der Waals surface area contributed by atoms with Crippen LogP contribution in [0.3, 0.4) is 0 Å². The zero-order valence-corrected chi connectivity index (χ0v) is 16.6. The number of pyridine rings is 1. The van der Waals surface area contributed by atoms with Crippen molar-refractivity contribution in [2.24, 2.45) is 5.92 Å². The fourth-order valence-corrected chi connectivity index (χ4v) is 4.32. The van der Waals surface area contributed by atoms with E-state index < -0.39 is 11.9 Å². The van der Waals surface area contributed by atoms with Crippen LogP contribution in [0.4, 0.5) is 13.2 Å². The summed E-state index contributed by atoms with van der Waals surface area (Å²) >= 11 is 0. The Morgan fingerprint density at radius 1 is 0.857 bits per heavy atom. The Morgan fingerprint density at radius 2 is 1.54 bits per heavy atom. The van der Waals surface area contributed by atoms with Crippen LogP contribution in [0.2, 0.25) is 0 Å². The molecule has 0 saturated heterocycles. The van der Waals surface area contributed by atoms with Gasteiger partial charge < -0.3 is 0 Å². The Hall–Kier alpha value is -1.84. The van der Waals surface area contributed by atoms with E-state index in [1.165, 1.54) is 75.6 Å². The van der Waals surface area contributed by atoms with Gasteiger partial charge in [0.25, 0.3) is 0 Å². The summed E-state index contributed by atoms with van der Waals surface area (Å²) in [5.41, 5.74) is 2.14. The maximum Gasteiger partial charge on any atom is 0.433 e. The van der Waals surface area contributed by atoms with E-state index in [2.05, 4.69) is 24.0 Å². The minimum Gasteiger partial charge on any atom is -0.251 e. The summed E-state index contributed by atoms with van der Waals surface area (Å²) in [5, 5.41) is 0. The molecule has 1 fully saturated rings. The van der Waals surface area contributed by atoms with Gasteiger partial charge in [0, 0.05) is 11.8 Å². The Balaban J connectivity index is 1.54. The molecule has 0 unspecified atom stereocenters. The van der Waals surface area contributed by atoms with Crippen molar-refractivity contribution in [3.63, 3.8) is 0 Å². The highest BCUT2D eigenvalue weighted by Crippen LogP contribution is 2.38. The summed E-state index contributed by atoms with van der Waals surface area (Å²) in [5.74, 6) is 1.51. The first-order valence-electron chi connectivity index (χ1n) is 10.6. The molecule has 0 atom stereocenters.